The fourth-order valence-electron chi connectivity index (χ4n) is 1.11. The second-order valence-corrected chi connectivity index (χ2v) is 3.83. The zero-order valence-electron chi connectivity index (χ0n) is 7.47. The topological polar surface area (TPSA) is 41.2 Å². The van der Waals surface area contributed by atoms with Crippen LogP contribution in [0.15, 0.2) is 24.5 Å². The van der Waals surface area contributed by atoms with Crippen LogP contribution in [0.4, 0.5) is 0 Å². The molecule has 1 N–H and O–H groups in total. The van der Waals surface area contributed by atoms with Crippen molar-refractivity contribution in [3.63, 3.8) is 0 Å². The Morgan fingerprint density at radius 1 is 1.77 bits per heavy atom. The molecule has 0 fully saturated rings. The van der Waals surface area contributed by atoms with Gasteiger partial charge in [-0.05, 0) is 12.5 Å². The summed E-state index contributed by atoms with van der Waals surface area (Å²) < 4.78 is 1.91. The maximum absolute atomic E-state index is 10.6. The zero-order valence-corrected chi connectivity index (χ0v) is 8.63. The number of carboxylic acids is 1. The van der Waals surface area contributed by atoms with E-state index in [1.54, 1.807) is 0 Å². The molecule has 0 spiro atoms. The second kappa shape index (κ2) is 4.33. The van der Waals surface area contributed by atoms with Crippen LogP contribution in [-0.2, 0) is 18.3 Å². The van der Waals surface area contributed by atoms with E-state index in [-0.39, 0.29) is 0 Å². The molecule has 1 aromatic heterocycles. The summed E-state index contributed by atoms with van der Waals surface area (Å²) in [7, 11) is 4.25. The standard InChI is InChI=1S/C9H12NO2P/c1-10-4-2-3-7(6-10)5-8(13)9(11)12/h2-4,6,8H,5,13H2,1H3/p+1. The van der Waals surface area contributed by atoms with Crippen molar-refractivity contribution in [3.05, 3.63) is 30.1 Å². The van der Waals surface area contributed by atoms with E-state index in [0.29, 0.717) is 6.42 Å². The summed E-state index contributed by atoms with van der Waals surface area (Å²) >= 11 is 0. The minimum Gasteiger partial charge on any atom is -0.481 e. The quantitative estimate of drug-likeness (QED) is 0.563. The Hall–Kier alpha value is -0.950. The monoisotopic (exact) mass is 198 g/mol. The van der Waals surface area contributed by atoms with E-state index < -0.39 is 11.6 Å². The lowest BCUT2D eigenvalue weighted by Gasteiger charge is -2.03. The number of pyridine rings is 1. The minimum atomic E-state index is -0.781. The number of hydrogen-bond donors (Lipinski definition) is 1. The van der Waals surface area contributed by atoms with Crippen molar-refractivity contribution in [2.24, 2.45) is 7.05 Å². The molecular weight excluding hydrogens is 185 g/mol. The van der Waals surface area contributed by atoms with Gasteiger partial charge in [-0.2, -0.15) is 0 Å². The molecule has 0 saturated carbocycles. The molecule has 1 heterocycles. The summed E-state index contributed by atoms with van der Waals surface area (Å²) in [5.41, 5.74) is 0.634. The van der Waals surface area contributed by atoms with Gasteiger partial charge in [-0.25, -0.2) is 4.57 Å². The zero-order chi connectivity index (χ0) is 9.84. The molecule has 0 bridgehead atoms. The Morgan fingerprint density at radius 2 is 2.46 bits per heavy atom. The number of carboxylic acid groups (broad SMARTS) is 1. The van der Waals surface area contributed by atoms with Crippen molar-refractivity contribution < 1.29 is 14.5 Å². The van der Waals surface area contributed by atoms with Crippen LogP contribution in [0.25, 0.3) is 0 Å². The maximum atomic E-state index is 10.6. The van der Waals surface area contributed by atoms with Gasteiger partial charge in [-0.3, -0.25) is 4.79 Å². The van der Waals surface area contributed by atoms with Crippen LogP contribution in [-0.4, -0.2) is 16.7 Å². The highest BCUT2D eigenvalue weighted by atomic mass is 31.0. The summed E-state index contributed by atoms with van der Waals surface area (Å²) in [5.74, 6) is -0.781. The lowest BCUT2D eigenvalue weighted by Crippen LogP contribution is -2.28. The number of nitrogens with zero attached hydrogens (tertiary/aromatic N) is 1. The minimum absolute atomic E-state index is 0.401. The molecule has 2 atom stereocenters. The normalized spacial score (nSPS) is 12.5. The fourth-order valence-corrected chi connectivity index (χ4v) is 1.38. The third-order valence-corrected chi connectivity index (χ3v) is 2.29. The first-order chi connectivity index (χ1) is 6.09. The lowest BCUT2D eigenvalue weighted by molar-refractivity contribution is -0.671. The van der Waals surface area contributed by atoms with Crippen molar-refractivity contribution in [2.45, 2.75) is 12.1 Å². The Bertz CT molecular complexity index is 314. The molecule has 3 nitrogen and oxygen atoms in total. The highest BCUT2D eigenvalue weighted by molar-refractivity contribution is 7.19. The summed E-state index contributed by atoms with van der Waals surface area (Å²) in [4.78, 5) is 10.6. The molecule has 2 unspecified atom stereocenters. The summed E-state index contributed by atoms with van der Waals surface area (Å²) in [6.45, 7) is 0. The van der Waals surface area contributed by atoms with Gasteiger partial charge >= 0.3 is 5.97 Å². The molecule has 13 heavy (non-hydrogen) atoms. The molecule has 70 valence electrons. The van der Waals surface area contributed by atoms with Crippen LogP contribution in [0.2, 0.25) is 0 Å². The second-order valence-electron chi connectivity index (χ2n) is 3.03. The molecule has 1 aromatic rings. The smallest absolute Gasteiger partial charge is 0.310 e. The Labute approximate surface area is 79.6 Å². The number of hydrogen-bond acceptors (Lipinski definition) is 1. The lowest BCUT2D eigenvalue weighted by atomic mass is 10.1. The highest BCUT2D eigenvalue weighted by Gasteiger charge is 2.12. The first-order valence-corrected chi connectivity index (χ1v) is 4.69. The highest BCUT2D eigenvalue weighted by Crippen LogP contribution is 2.08. The summed E-state index contributed by atoms with van der Waals surface area (Å²) in [5, 5.41) is 8.68. The van der Waals surface area contributed by atoms with Gasteiger partial charge in [0, 0.05) is 11.6 Å². The van der Waals surface area contributed by atoms with Crippen LogP contribution in [0.1, 0.15) is 5.56 Å². The van der Waals surface area contributed by atoms with Crippen molar-refractivity contribution in [2.75, 3.05) is 0 Å². The van der Waals surface area contributed by atoms with Crippen LogP contribution < -0.4 is 4.57 Å². The van der Waals surface area contributed by atoms with E-state index in [4.69, 9.17) is 5.11 Å². The van der Waals surface area contributed by atoms with E-state index in [2.05, 4.69) is 9.24 Å². The molecule has 0 aromatic carbocycles. The largest absolute Gasteiger partial charge is 0.481 e. The van der Waals surface area contributed by atoms with Crippen LogP contribution in [0.3, 0.4) is 0 Å². The number of rotatable bonds is 3. The predicted octanol–water partition coefficient (Wildman–Crippen LogP) is 0.382. The average molecular weight is 198 g/mol. The molecule has 0 aliphatic heterocycles. The Balaban J connectivity index is 2.69. The van der Waals surface area contributed by atoms with E-state index in [9.17, 15) is 4.79 Å². The fraction of sp³-hybridized carbons (Fsp3) is 0.333. The molecule has 0 aliphatic rings. The van der Waals surface area contributed by atoms with Crippen LogP contribution in [0.5, 0.6) is 0 Å². The third kappa shape index (κ3) is 3.11. The van der Waals surface area contributed by atoms with Gasteiger partial charge < -0.3 is 5.11 Å². The summed E-state index contributed by atoms with van der Waals surface area (Å²) in [6, 6.07) is 3.84. The maximum Gasteiger partial charge on any atom is 0.310 e. The first kappa shape index (κ1) is 10.1. The van der Waals surface area contributed by atoms with Crippen LogP contribution >= 0.6 is 9.24 Å². The van der Waals surface area contributed by atoms with Crippen molar-refractivity contribution in [1.29, 1.82) is 0 Å². The van der Waals surface area contributed by atoms with Crippen molar-refractivity contribution >= 4 is 15.2 Å². The number of aliphatic carboxylic acids is 1. The van der Waals surface area contributed by atoms with Gasteiger partial charge in [-0.15, -0.1) is 9.24 Å². The number of carbonyl (C=O) groups is 1. The predicted molar refractivity (Wildman–Crippen MR) is 52.5 cm³/mol. The average Bonchev–Trinajstić information content (AvgIpc) is 2.04. The Morgan fingerprint density at radius 3 is 3.00 bits per heavy atom. The first-order valence-electron chi connectivity index (χ1n) is 4.02. The summed E-state index contributed by atoms with van der Waals surface area (Å²) in [6.07, 6.45) is 4.40. The van der Waals surface area contributed by atoms with Crippen molar-refractivity contribution in [1.82, 2.24) is 0 Å². The van der Waals surface area contributed by atoms with Gasteiger partial charge in [0.05, 0.1) is 5.66 Å². The van der Waals surface area contributed by atoms with Crippen molar-refractivity contribution in [3.8, 4) is 0 Å². The van der Waals surface area contributed by atoms with Gasteiger partial charge in [0.2, 0.25) is 0 Å². The van der Waals surface area contributed by atoms with Gasteiger partial charge in [-0.1, -0.05) is 0 Å². The van der Waals surface area contributed by atoms with E-state index in [1.165, 1.54) is 0 Å². The van der Waals surface area contributed by atoms with Crippen LogP contribution in [0, 0.1) is 0 Å². The third-order valence-electron chi connectivity index (χ3n) is 1.77. The molecular formula is C9H13NO2P+. The van der Waals surface area contributed by atoms with Gasteiger partial charge in [0.15, 0.2) is 12.4 Å². The SMILES string of the molecule is C[n+]1cccc(CC(P)C(=O)O)c1. The molecule has 0 aliphatic carbocycles. The molecule has 1 rings (SSSR count). The van der Waals surface area contributed by atoms with E-state index in [1.807, 2.05) is 36.1 Å². The molecule has 0 radical (unpaired) electrons. The molecule has 4 heteroatoms. The Kier molecular flexibility index (Phi) is 3.38. The van der Waals surface area contributed by atoms with Gasteiger partial charge in [0.25, 0.3) is 0 Å². The van der Waals surface area contributed by atoms with Gasteiger partial charge in [0.1, 0.15) is 7.05 Å². The van der Waals surface area contributed by atoms with E-state index >= 15 is 0 Å². The number of aryl methyl sites for hydroxylation is 1. The number of aromatic nitrogens is 1. The molecule has 0 saturated heterocycles. The molecule has 0 amide bonds. The van der Waals surface area contributed by atoms with E-state index in [0.717, 1.165) is 5.56 Å².